The van der Waals surface area contributed by atoms with E-state index >= 15 is 0 Å². The second kappa shape index (κ2) is 4.43. The van der Waals surface area contributed by atoms with E-state index in [4.69, 9.17) is 5.73 Å². The van der Waals surface area contributed by atoms with Gasteiger partial charge in [-0.25, -0.2) is 0 Å². The van der Waals surface area contributed by atoms with Gasteiger partial charge in [-0.1, -0.05) is 20.8 Å². The zero-order valence-electron chi connectivity index (χ0n) is 9.58. The van der Waals surface area contributed by atoms with Gasteiger partial charge in [0.2, 0.25) is 0 Å². The number of ketones is 1. The first-order valence-corrected chi connectivity index (χ1v) is 5.14. The molecule has 15 heavy (non-hydrogen) atoms. The monoisotopic (exact) mass is 206 g/mol. The van der Waals surface area contributed by atoms with Gasteiger partial charge in [0.25, 0.3) is 0 Å². The second-order valence-electron chi connectivity index (χ2n) is 4.93. The fourth-order valence-electron chi connectivity index (χ4n) is 1.26. The molecule has 0 saturated heterocycles. The molecule has 0 aliphatic heterocycles. The van der Waals surface area contributed by atoms with Crippen LogP contribution in [-0.2, 0) is 0 Å². The Morgan fingerprint density at radius 3 is 2.67 bits per heavy atom. The Hall–Kier alpha value is -1.38. The van der Waals surface area contributed by atoms with Crippen molar-refractivity contribution in [3.63, 3.8) is 0 Å². The van der Waals surface area contributed by atoms with Gasteiger partial charge in [-0.15, -0.1) is 0 Å². The fourth-order valence-corrected chi connectivity index (χ4v) is 1.26. The molecule has 0 unspecified atom stereocenters. The Morgan fingerprint density at radius 2 is 2.13 bits per heavy atom. The van der Waals surface area contributed by atoms with Crippen LogP contribution in [0.1, 0.15) is 44.1 Å². The molecule has 0 radical (unpaired) electrons. The summed E-state index contributed by atoms with van der Waals surface area (Å²) in [5.41, 5.74) is 6.72. The molecule has 0 fully saturated rings. The molecule has 1 heterocycles. The average molecular weight is 206 g/mol. The smallest absolute Gasteiger partial charge is 0.183 e. The summed E-state index contributed by atoms with van der Waals surface area (Å²) >= 11 is 0. The molecule has 0 spiro atoms. The number of hydrogen-bond donors (Lipinski definition) is 1. The highest BCUT2D eigenvalue weighted by Crippen LogP contribution is 2.22. The standard InChI is InChI=1S/C12H18N2O/c1-12(2,3)7-6-10(15)11-9(13)5-4-8-14-11/h4-5,8H,6-7,13H2,1-3H3. The summed E-state index contributed by atoms with van der Waals surface area (Å²) in [5, 5.41) is 0. The van der Waals surface area contributed by atoms with E-state index in [0.717, 1.165) is 6.42 Å². The van der Waals surface area contributed by atoms with E-state index < -0.39 is 0 Å². The Labute approximate surface area is 90.7 Å². The van der Waals surface area contributed by atoms with Crippen molar-refractivity contribution in [2.24, 2.45) is 5.41 Å². The second-order valence-corrected chi connectivity index (χ2v) is 4.93. The highest BCUT2D eigenvalue weighted by molar-refractivity contribution is 5.98. The predicted octanol–water partition coefficient (Wildman–Crippen LogP) is 2.67. The van der Waals surface area contributed by atoms with E-state index in [1.807, 2.05) is 0 Å². The maximum absolute atomic E-state index is 11.8. The molecule has 1 aromatic heterocycles. The lowest BCUT2D eigenvalue weighted by Crippen LogP contribution is -2.11. The molecule has 1 rings (SSSR count). The van der Waals surface area contributed by atoms with E-state index in [2.05, 4.69) is 25.8 Å². The van der Waals surface area contributed by atoms with E-state index in [1.54, 1.807) is 18.3 Å². The number of aromatic nitrogens is 1. The SMILES string of the molecule is CC(C)(C)CCC(=O)c1ncccc1N. The lowest BCUT2D eigenvalue weighted by atomic mass is 9.89. The number of anilines is 1. The molecule has 82 valence electrons. The van der Waals surface area contributed by atoms with Gasteiger partial charge in [-0.05, 0) is 24.0 Å². The third-order valence-corrected chi connectivity index (χ3v) is 2.21. The van der Waals surface area contributed by atoms with Crippen LogP contribution in [0, 0.1) is 5.41 Å². The Balaban J connectivity index is 2.66. The third kappa shape index (κ3) is 3.70. The van der Waals surface area contributed by atoms with Crippen molar-refractivity contribution in [2.45, 2.75) is 33.6 Å². The summed E-state index contributed by atoms with van der Waals surface area (Å²) in [5.74, 6) is 0.0306. The molecule has 0 amide bonds. The van der Waals surface area contributed by atoms with Crippen LogP contribution in [0.25, 0.3) is 0 Å². The van der Waals surface area contributed by atoms with Crippen molar-refractivity contribution < 1.29 is 4.79 Å². The minimum atomic E-state index is 0.0306. The van der Waals surface area contributed by atoms with E-state index in [9.17, 15) is 4.79 Å². The van der Waals surface area contributed by atoms with Crippen LogP contribution in [-0.4, -0.2) is 10.8 Å². The number of carbonyl (C=O) groups is 1. The molecule has 0 aliphatic rings. The first kappa shape index (κ1) is 11.7. The zero-order chi connectivity index (χ0) is 11.5. The van der Waals surface area contributed by atoms with Gasteiger partial charge in [0.05, 0.1) is 5.69 Å². The zero-order valence-corrected chi connectivity index (χ0v) is 9.58. The number of nitrogens with two attached hydrogens (primary N) is 1. The van der Waals surface area contributed by atoms with Crippen molar-refractivity contribution in [3.05, 3.63) is 24.0 Å². The Morgan fingerprint density at radius 1 is 1.47 bits per heavy atom. The molecule has 0 aromatic carbocycles. The van der Waals surface area contributed by atoms with E-state index in [1.165, 1.54) is 0 Å². The summed E-state index contributed by atoms with van der Waals surface area (Å²) in [6, 6.07) is 3.44. The van der Waals surface area contributed by atoms with Crippen molar-refractivity contribution in [1.82, 2.24) is 4.98 Å². The number of carbonyl (C=O) groups excluding carboxylic acids is 1. The molecule has 3 heteroatoms. The van der Waals surface area contributed by atoms with Crippen molar-refractivity contribution in [3.8, 4) is 0 Å². The molecule has 0 aliphatic carbocycles. The number of rotatable bonds is 3. The van der Waals surface area contributed by atoms with Crippen LogP contribution >= 0.6 is 0 Å². The molecular weight excluding hydrogens is 188 g/mol. The number of hydrogen-bond acceptors (Lipinski definition) is 3. The topological polar surface area (TPSA) is 56.0 Å². The average Bonchev–Trinajstić information content (AvgIpc) is 2.14. The quantitative estimate of drug-likeness (QED) is 0.773. The minimum Gasteiger partial charge on any atom is -0.397 e. The van der Waals surface area contributed by atoms with E-state index in [0.29, 0.717) is 17.8 Å². The summed E-state index contributed by atoms with van der Waals surface area (Å²) < 4.78 is 0. The molecule has 0 atom stereocenters. The number of nitrogens with zero attached hydrogens (tertiary/aromatic N) is 1. The van der Waals surface area contributed by atoms with Crippen LogP contribution in [0.5, 0.6) is 0 Å². The van der Waals surface area contributed by atoms with Gasteiger partial charge in [0.15, 0.2) is 5.78 Å². The van der Waals surface area contributed by atoms with Gasteiger partial charge < -0.3 is 5.73 Å². The van der Waals surface area contributed by atoms with Gasteiger partial charge in [0, 0.05) is 12.6 Å². The van der Waals surface area contributed by atoms with Gasteiger partial charge in [0.1, 0.15) is 5.69 Å². The van der Waals surface area contributed by atoms with Crippen molar-refractivity contribution >= 4 is 11.5 Å². The van der Waals surface area contributed by atoms with Crippen LogP contribution in [0.4, 0.5) is 5.69 Å². The maximum Gasteiger partial charge on any atom is 0.183 e. The van der Waals surface area contributed by atoms with Crippen molar-refractivity contribution in [1.29, 1.82) is 0 Å². The largest absolute Gasteiger partial charge is 0.397 e. The molecule has 0 bridgehead atoms. The highest BCUT2D eigenvalue weighted by atomic mass is 16.1. The number of Topliss-reactive ketones (excluding diaryl/α,β-unsaturated/α-hetero) is 1. The Bertz CT molecular complexity index is 353. The Kier molecular flexibility index (Phi) is 3.45. The lowest BCUT2D eigenvalue weighted by molar-refractivity contribution is 0.0962. The molecule has 2 N–H and O–H groups in total. The van der Waals surface area contributed by atoms with Crippen LogP contribution in [0.2, 0.25) is 0 Å². The minimum absolute atomic E-state index is 0.0306. The first-order valence-electron chi connectivity index (χ1n) is 5.14. The van der Waals surface area contributed by atoms with Gasteiger partial charge >= 0.3 is 0 Å². The van der Waals surface area contributed by atoms with Crippen LogP contribution in [0.3, 0.4) is 0 Å². The summed E-state index contributed by atoms with van der Waals surface area (Å²) in [4.78, 5) is 15.8. The summed E-state index contributed by atoms with van der Waals surface area (Å²) in [6.07, 6.45) is 2.95. The third-order valence-electron chi connectivity index (χ3n) is 2.21. The summed E-state index contributed by atoms with van der Waals surface area (Å²) in [7, 11) is 0. The summed E-state index contributed by atoms with van der Waals surface area (Å²) in [6.45, 7) is 6.34. The molecule has 3 nitrogen and oxygen atoms in total. The number of pyridine rings is 1. The maximum atomic E-state index is 11.8. The van der Waals surface area contributed by atoms with Crippen LogP contribution < -0.4 is 5.73 Å². The fraction of sp³-hybridized carbons (Fsp3) is 0.500. The normalized spacial score (nSPS) is 11.4. The van der Waals surface area contributed by atoms with Gasteiger partial charge in [-0.2, -0.15) is 0 Å². The predicted molar refractivity (Wildman–Crippen MR) is 61.7 cm³/mol. The van der Waals surface area contributed by atoms with Crippen LogP contribution in [0.15, 0.2) is 18.3 Å². The first-order chi connectivity index (χ1) is 6.90. The molecule has 1 aromatic rings. The molecule has 0 saturated carbocycles. The highest BCUT2D eigenvalue weighted by Gasteiger charge is 2.16. The van der Waals surface area contributed by atoms with Crippen molar-refractivity contribution in [2.75, 3.05) is 5.73 Å². The van der Waals surface area contributed by atoms with E-state index in [-0.39, 0.29) is 11.2 Å². The number of nitrogen functional groups attached to an aromatic ring is 1. The van der Waals surface area contributed by atoms with Gasteiger partial charge in [-0.3, -0.25) is 9.78 Å². The molecular formula is C12H18N2O. The lowest BCUT2D eigenvalue weighted by Gasteiger charge is -2.16.